The monoisotopic (exact) mass is 417 g/mol. The van der Waals surface area contributed by atoms with E-state index in [-0.39, 0.29) is 12.3 Å². The first kappa shape index (κ1) is 26.3. The van der Waals surface area contributed by atoms with Crippen molar-refractivity contribution in [2.75, 3.05) is 13.1 Å². The Balaban J connectivity index is 4.90. The Labute approximate surface area is 168 Å². The zero-order valence-corrected chi connectivity index (χ0v) is 16.6. The van der Waals surface area contributed by atoms with Gasteiger partial charge >= 0.3 is 11.9 Å². The molecular weight excluding hydrogens is 386 g/mol. The number of nitrogens with one attached hydrogen (secondary N) is 3. The molecule has 0 saturated heterocycles. The summed E-state index contributed by atoms with van der Waals surface area (Å²) in [5.74, 6) is -5.15. The molecule has 3 unspecified atom stereocenters. The molecule has 0 saturated carbocycles. The fourth-order valence-corrected chi connectivity index (χ4v) is 2.24. The summed E-state index contributed by atoms with van der Waals surface area (Å²) in [6, 6.07) is -3.58. The molecule has 3 atom stereocenters. The molecule has 0 radical (unpaired) electrons. The maximum absolute atomic E-state index is 12.3. The predicted octanol–water partition coefficient (Wildman–Crippen LogP) is -2.26. The van der Waals surface area contributed by atoms with Crippen LogP contribution in [0.25, 0.3) is 0 Å². The zero-order valence-electron chi connectivity index (χ0n) is 16.6. The second kappa shape index (κ2) is 13.4. The first-order chi connectivity index (χ1) is 13.5. The van der Waals surface area contributed by atoms with Gasteiger partial charge in [0.2, 0.25) is 17.7 Å². The molecule has 0 aromatic carbocycles. The molecule has 0 fully saturated rings. The van der Waals surface area contributed by atoms with Gasteiger partial charge in [0.25, 0.3) is 0 Å². The molecule has 0 aliphatic rings. The summed E-state index contributed by atoms with van der Waals surface area (Å²) in [5, 5.41) is 24.9. The number of carbonyl (C=O) groups is 5. The van der Waals surface area contributed by atoms with Gasteiger partial charge in [-0.1, -0.05) is 13.8 Å². The van der Waals surface area contributed by atoms with Gasteiger partial charge in [-0.15, -0.1) is 0 Å². The molecule has 12 heteroatoms. The second-order valence-electron chi connectivity index (χ2n) is 6.89. The van der Waals surface area contributed by atoms with E-state index in [1.165, 1.54) is 0 Å². The number of carboxylic acid groups (broad SMARTS) is 2. The SMILES string of the molecule is CC(C)C(N)C(=O)NCC(=O)NC(CC(=O)O)C(=O)NC(CCCCN)C(=O)O. The van der Waals surface area contributed by atoms with Gasteiger partial charge in [0.15, 0.2) is 0 Å². The standard InChI is InChI=1S/C17H31N5O7/c1-9(2)14(19)16(27)20-8-12(23)21-11(7-13(24)25)15(26)22-10(17(28)29)5-3-4-6-18/h9-11,14H,3-8,18-19H2,1-2H3,(H,20,27)(H,21,23)(H,22,26)(H,24,25)(H,28,29). The van der Waals surface area contributed by atoms with Crippen LogP contribution in [-0.2, 0) is 24.0 Å². The third kappa shape index (κ3) is 11.0. The summed E-state index contributed by atoms with van der Waals surface area (Å²) in [5.41, 5.74) is 11.0. The Morgan fingerprint density at radius 3 is 2.03 bits per heavy atom. The van der Waals surface area contributed by atoms with Crippen LogP contribution in [0.15, 0.2) is 0 Å². The molecule has 9 N–H and O–H groups in total. The van der Waals surface area contributed by atoms with E-state index in [0.717, 1.165) is 0 Å². The Morgan fingerprint density at radius 1 is 0.931 bits per heavy atom. The molecule has 12 nitrogen and oxygen atoms in total. The summed E-state index contributed by atoms with van der Waals surface area (Å²) < 4.78 is 0. The zero-order chi connectivity index (χ0) is 22.6. The van der Waals surface area contributed by atoms with Crippen molar-refractivity contribution >= 4 is 29.7 Å². The van der Waals surface area contributed by atoms with Gasteiger partial charge < -0.3 is 37.6 Å². The molecule has 0 aromatic heterocycles. The van der Waals surface area contributed by atoms with Crippen molar-refractivity contribution in [3.8, 4) is 0 Å². The van der Waals surface area contributed by atoms with Gasteiger partial charge in [0.05, 0.1) is 19.0 Å². The molecule has 0 aromatic rings. The number of nitrogens with two attached hydrogens (primary N) is 2. The minimum atomic E-state index is -1.51. The highest BCUT2D eigenvalue weighted by Crippen LogP contribution is 2.03. The van der Waals surface area contributed by atoms with E-state index in [2.05, 4.69) is 16.0 Å². The maximum atomic E-state index is 12.3. The Bertz CT molecular complexity index is 597. The Kier molecular flexibility index (Phi) is 12.2. The third-order valence-electron chi connectivity index (χ3n) is 4.04. The summed E-state index contributed by atoms with van der Waals surface area (Å²) >= 11 is 0. The Hall–Kier alpha value is -2.73. The average molecular weight is 417 g/mol. The van der Waals surface area contributed by atoms with Crippen LogP contribution in [0, 0.1) is 5.92 Å². The summed E-state index contributed by atoms with van der Waals surface area (Å²) in [4.78, 5) is 58.4. The third-order valence-corrected chi connectivity index (χ3v) is 4.04. The minimum Gasteiger partial charge on any atom is -0.481 e. The highest BCUT2D eigenvalue weighted by atomic mass is 16.4. The molecule has 0 aliphatic heterocycles. The van der Waals surface area contributed by atoms with E-state index in [4.69, 9.17) is 16.6 Å². The number of unbranched alkanes of at least 4 members (excludes halogenated alkanes) is 1. The number of hydrogen-bond donors (Lipinski definition) is 7. The van der Waals surface area contributed by atoms with Gasteiger partial charge in [0, 0.05) is 0 Å². The van der Waals surface area contributed by atoms with Gasteiger partial charge in [-0.3, -0.25) is 19.2 Å². The fourth-order valence-electron chi connectivity index (χ4n) is 2.24. The van der Waals surface area contributed by atoms with E-state index in [0.29, 0.717) is 19.4 Å². The molecule has 0 heterocycles. The van der Waals surface area contributed by atoms with E-state index >= 15 is 0 Å². The molecule has 0 bridgehead atoms. The largest absolute Gasteiger partial charge is 0.481 e. The molecule has 166 valence electrons. The minimum absolute atomic E-state index is 0.106. The van der Waals surface area contributed by atoms with Gasteiger partial charge in [-0.2, -0.15) is 0 Å². The van der Waals surface area contributed by atoms with Crippen LogP contribution in [0.4, 0.5) is 0 Å². The van der Waals surface area contributed by atoms with Gasteiger partial charge in [-0.25, -0.2) is 4.79 Å². The molecule has 0 spiro atoms. The van der Waals surface area contributed by atoms with Crippen LogP contribution in [0.3, 0.4) is 0 Å². The van der Waals surface area contributed by atoms with Crippen molar-refractivity contribution in [3.05, 3.63) is 0 Å². The van der Waals surface area contributed by atoms with Crippen molar-refractivity contribution < 1.29 is 34.2 Å². The number of carboxylic acids is 2. The predicted molar refractivity (Wildman–Crippen MR) is 102 cm³/mol. The van der Waals surface area contributed by atoms with Gasteiger partial charge in [0.1, 0.15) is 12.1 Å². The number of aliphatic carboxylic acids is 2. The number of hydrogen-bond acceptors (Lipinski definition) is 7. The first-order valence-corrected chi connectivity index (χ1v) is 9.27. The summed E-state index contributed by atoms with van der Waals surface area (Å²) in [6.45, 7) is 3.31. The fraction of sp³-hybridized carbons (Fsp3) is 0.706. The molecule has 3 amide bonds. The van der Waals surface area contributed by atoms with Crippen LogP contribution in [0.1, 0.15) is 39.5 Å². The van der Waals surface area contributed by atoms with Crippen LogP contribution in [0.5, 0.6) is 0 Å². The molecule has 0 rings (SSSR count). The maximum Gasteiger partial charge on any atom is 0.326 e. The van der Waals surface area contributed by atoms with Crippen molar-refractivity contribution in [1.29, 1.82) is 0 Å². The van der Waals surface area contributed by atoms with Crippen LogP contribution < -0.4 is 27.4 Å². The van der Waals surface area contributed by atoms with E-state index < -0.39 is 60.8 Å². The van der Waals surface area contributed by atoms with Crippen LogP contribution >= 0.6 is 0 Å². The van der Waals surface area contributed by atoms with Crippen LogP contribution in [0.2, 0.25) is 0 Å². The molecular formula is C17H31N5O7. The average Bonchev–Trinajstić information content (AvgIpc) is 2.63. The summed E-state index contributed by atoms with van der Waals surface area (Å²) in [7, 11) is 0. The lowest BCUT2D eigenvalue weighted by molar-refractivity contribution is -0.143. The quantitative estimate of drug-likeness (QED) is 0.152. The van der Waals surface area contributed by atoms with E-state index in [1.54, 1.807) is 13.8 Å². The highest BCUT2D eigenvalue weighted by molar-refractivity contribution is 5.94. The lowest BCUT2D eigenvalue weighted by atomic mass is 10.1. The smallest absolute Gasteiger partial charge is 0.326 e. The van der Waals surface area contributed by atoms with Crippen molar-refractivity contribution in [2.45, 2.75) is 57.7 Å². The number of rotatable bonds is 14. The van der Waals surface area contributed by atoms with E-state index in [1.807, 2.05) is 0 Å². The lowest BCUT2D eigenvalue weighted by Gasteiger charge is -2.21. The Morgan fingerprint density at radius 2 is 1.55 bits per heavy atom. The van der Waals surface area contributed by atoms with Crippen molar-refractivity contribution in [1.82, 2.24) is 16.0 Å². The first-order valence-electron chi connectivity index (χ1n) is 9.27. The lowest BCUT2D eigenvalue weighted by Crippen LogP contribution is -2.54. The summed E-state index contributed by atoms with van der Waals surface area (Å²) in [6.07, 6.45) is 0.361. The second-order valence-corrected chi connectivity index (χ2v) is 6.89. The number of carbonyl (C=O) groups excluding carboxylic acids is 3. The van der Waals surface area contributed by atoms with Crippen molar-refractivity contribution in [2.24, 2.45) is 17.4 Å². The molecule has 0 aliphatic carbocycles. The highest BCUT2D eigenvalue weighted by Gasteiger charge is 2.28. The van der Waals surface area contributed by atoms with Crippen molar-refractivity contribution in [3.63, 3.8) is 0 Å². The van der Waals surface area contributed by atoms with Crippen LogP contribution in [-0.4, -0.2) is 71.1 Å². The van der Waals surface area contributed by atoms with Gasteiger partial charge in [-0.05, 0) is 31.7 Å². The molecule has 29 heavy (non-hydrogen) atoms. The normalized spacial score (nSPS) is 13.8. The van der Waals surface area contributed by atoms with E-state index in [9.17, 15) is 29.1 Å². The topological polar surface area (TPSA) is 214 Å². The number of amides is 3.